The Morgan fingerprint density at radius 1 is 1.35 bits per heavy atom. The summed E-state index contributed by atoms with van der Waals surface area (Å²) in [6, 6.07) is 5.17. The molecule has 8 nitrogen and oxygen atoms in total. The standard InChI is InChI=1S/C17H25N5O3S/c1-4-12(2)22-16-6-5-14(11-15(16)19-20-22)26(24,25)21-9-7-13(8-10-21)17(23)18-3/h5-6,11-13H,4,7-10H2,1-3H3,(H,18,23). The quantitative estimate of drug-likeness (QED) is 0.850. The molecular formula is C17H25N5O3S. The van der Waals surface area contributed by atoms with Crippen molar-refractivity contribution >= 4 is 27.0 Å². The Morgan fingerprint density at radius 3 is 2.65 bits per heavy atom. The second kappa shape index (κ2) is 7.32. The molecule has 1 unspecified atom stereocenters. The van der Waals surface area contributed by atoms with Crippen molar-refractivity contribution in [3.8, 4) is 0 Å². The lowest BCUT2D eigenvalue weighted by Gasteiger charge is -2.30. The summed E-state index contributed by atoms with van der Waals surface area (Å²) < 4.78 is 29.2. The van der Waals surface area contributed by atoms with E-state index in [-0.39, 0.29) is 22.8 Å². The number of carbonyl (C=O) groups is 1. The largest absolute Gasteiger partial charge is 0.359 e. The van der Waals surface area contributed by atoms with Crippen LogP contribution in [-0.2, 0) is 14.8 Å². The number of benzene rings is 1. The maximum absolute atomic E-state index is 12.9. The summed E-state index contributed by atoms with van der Waals surface area (Å²) >= 11 is 0. The smallest absolute Gasteiger partial charge is 0.243 e. The van der Waals surface area contributed by atoms with Gasteiger partial charge in [0.15, 0.2) is 0 Å². The van der Waals surface area contributed by atoms with Crippen LogP contribution in [0.4, 0.5) is 0 Å². The summed E-state index contributed by atoms with van der Waals surface area (Å²) in [5.74, 6) is -0.144. The monoisotopic (exact) mass is 379 g/mol. The van der Waals surface area contributed by atoms with Gasteiger partial charge < -0.3 is 5.32 Å². The van der Waals surface area contributed by atoms with E-state index < -0.39 is 10.0 Å². The minimum Gasteiger partial charge on any atom is -0.359 e. The van der Waals surface area contributed by atoms with E-state index in [1.165, 1.54) is 4.31 Å². The molecule has 0 aliphatic carbocycles. The molecule has 142 valence electrons. The van der Waals surface area contributed by atoms with Crippen molar-refractivity contribution in [2.45, 2.75) is 44.0 Å². The summed E-state index contributed by atoms with van der Waals surface area (Å²) in [4.78, 5) is 11.9. The van der Waals surface area contributed by atoms with Gasteiger partial charge in [-0.1, -0.05) is 12.1 Å². The van der Waals surface area contributed by atoms with E-state index in [1.54, 1.807) is 25.2 Å². The second-order valence-electron chi connectivity index (χ2n) is 6.73. The number of amides is 1. The van der Waals surface area contributed by atoms with Gasteiger partial charge in [-0.2, -0.15) is 4.31 Å². The summed E-state index contributed by atoms with van der Waals surface area (Å²) in [6.45, 7) is 4.81. The molecule has 1 aliphatic heterocycles. The average molecular weight is 379 g/mol. The molecule has 0 radical (unpaired) electrons. The van der Waals surface area contributed by atoms with E-state index in [9.17, 15) is 13.2 Å². The lowest BCUT2D eigenvalue weighted by molar-refractivity contribution is -0.125. The van der Waals surface area contributed by atoms with Gasteiger partial charge in [0.05, 0.1) is 16.5 Å². The first kappa shape index (κ1) is 18.8. The Balaban J connectivity index is 1.83. The number of nitrogens with one attached hydrogen (secondary N) is 1. The zero-order chi connectivity index (χ0) is 18.9. The first-order chi connectivity index (χ1) is 12.4. The van der Waals surface area contributed by atoms with Crippen molar-refractivity contribution in [1.82, 2.24) is 24.6 Å². The lowest BCUT2D eigenvalue weighted by Crippen LogP contribution is -2.42. The van der Waals surface area contributed by atoms with Crippen molar-refractivity contribution in [3.63, 3.8) is 0 Å². The molecule has 0 saturated carbocycles. The predicted molar refractivity (Wildman–Crippen MR) is 98.1 cm³/mol. The SMILES string of the molecule is CCC(C)n1nnc2cc(S(=O)(=O)N3CCC(C(=O)NC)CC3)ccc21. The maximum Gasteiger partial charge on any atom is 0.243 e. The molecule has 1 N–H and O–H groups in total. The summed E-state index contributed by atoms with van der Waals surface area (Å²) in [7, 11) is -2.00. The van der Waals surface area contributed by atoms with Crippen molar-refractivity contribution in [3.05, 3.63) is 18.2 Å². The van der Waals surface area contributed by atoms with Crippen LogP contribution in [0.2, 0.25) is 0 Å². The number of hydrogen-bond donors (Lipinski definition) is 1. The Hall–Kier alpha value is -2.00. The molecule has 1 aromatic heterocycles. The molecule has 1 amide bonds. The van der Waals surface area contributed by atoms with E-state index in [0.29, 0.717) is 31.4 Å². The van der Waals surface area contributed by atoms with Crippen LogP contribution in [0, 0.1) is 5.92 Å². The van der Waals surface area contributed by atoms with Crippen LogP contribution in [0.15, 0.2) is 23.1 Å². The van der Waals surface area contributed by atoms with Gasteiger partial charge in [0.1, 0.15) is 5.52 Å². The zero-order valence-corrected chi connectivity index (χ0v) is 16.2. The molecule has 9 heteroatoms. The highest BCUT2D eigenvalue weighted by atomic mass is 32.2. The predicted octanol–water partition coefficient (Wildman–Crippen LogP) is 1.55. The minimum absolute atomic E-state index is 0.0230. The summed E-state index contributed by atoms with van der Waals surface area (Å²) in [5.41, 5.74) is 1.41. The molecule has 1 aromatic carbocycles. The molecule has 2 aromatic rings. The fourth-order valence-corrected chi connectivity index (χ4v) is 4.78. The molecule has 0 spiro atoms. The van der Waals surface area contributed by atoms with Crippen LogP contribution in [0.5, 0.6) is 0 Å². The molecule has 0 bridgehead atoms. The number of rotatable bonds is 5. The van der Waals surface area contributed by atoms with E-state index in [4.69, 9.17) is 0 Å². The number of sulfonamides is 1. The van der Waals surface area contributed by atoms with E-state index in [2.05, 4.69) is 29.5 Å². The molecule has 26 heavy (non-hydrogen) atoms. The molecule has 1 aliphatic rings. The third kappa shape index (κ3) is 3.33. The van der Waals surface area contributed by atoms with Crippen LogP contribution in [-0.4, -0.2) is 53.8 Å². The van der Waals surface area contributed by atoms with Crippen molar-refractivity contribution < 1.29 is 13.2 Å². The van der Waals surface area contributed by atoms with Gasteiger partial charge in [0.2, 0.25) is 15.9 Å². The second-order valence-corrected chi connectivity index (χ2v) is 8.67. The number of hydrogen-bond acceptors (Lipinski definition) is 5. The highest BCUT2D eigenvalue weighted by Crippen LogP contribution is 2.26. The number of nitrogens with zero attached hydrogens (tertiary/aromatic N) is 4. The first-order valence-corrected chi connectivity index (χ1v) is 10.4. The van der Waals surface area contributed by atoms with Gasteiger partial charge in [0.25, 0.3) is 0 Å². The maximum atomic E-state index is 12.9. The Bertz CT molecular complexity index is 900. The normalized spacial score (nSPS) is 18.1. The Labute approximate surface area is 153 Å². The van der Waals surface area contributed by atoms with Gasteiger partial charge in [-0.3, -0.25) is 4.79 Å². The molecule has 1 fully saturated rings. The van der Waals surface area contributed by atoms with Gasteiger partial charge in [-0.15, -0.1) is 5.10 Å². The summed E-state index contributed by atoms with van der Waals surface area (Å²) in [6.07, 6.45) is 1.98. The summed E-state index contributed by atoms with van der Waals surface area (Å²) in [5, 5.41) is 10.9. The third-order valence-corrected chi connectivity index (χ3v) is 7.05. The first-order valence-electron chi connectivity index (χ1n) is 8.95. The van der Waals surface area contributed by atoms with Crippen LogP contribution < -0.4 is 5.32 Å². The number of carbonyl (C=O) groups excluding carboxylic acids is 1. The lowest BCUT2D eigenvalue weighted by atomic mass is 9.97. The third-order valence-electron chi connectivity index (χ3n) is 5.16. The topological polar surface area (TPSA) is 97.2 Å². The minimum atomic E-state index is -3.60. The highest BCUT2D eigenvalue weighted by Gasteiger charge is 2.32. The molecule has 1 atom stereocenters. The van der Waals surface area contributed by atoms with Gasteiger partial charge >= 0.3 is 0 Å². The fraction of sp³-hybridized carbons (Fsp3) is 0.588. The zero-order valence-electron chi connectivity index (χ0n) is 15.3. The van der Waals surface area contributed by atoms with Crippen LogP contribution in [0.3, 0.4) is 0 Å². The van der Waals surface area contributed by atoms with Crippen molar-refractivity contribution in [1.29, 1.82) is 0 Å². The molecular weight excluding hydrogens is 354 g/mol. The molecule has 1 saturated heterocycles. The van der Waals surface area contributed by atoms with Crippen LogP contribution in [0.25, 0.3) is 11.0 Å². The molecule has 3 rings (SSSR count). The van der Waals surface area contributed by atoms with E-state index in [1.807, 2.05) is 4.68 Å². The van der Waals surface area contributed by atoms with E-state index in [0.717, 1.165) is 11.9 Å². The Kier molecular flexibility index (Phi) is 5.29. The van der Waals surface area contributed by atoms with Gasteiger partial charge in [-0.25, -0.2) is 13.1 Å². The van der Waals surface area contributed by atoms with Gasteiger partial charge in [0, 0.05) is 26.1 Å². The number of fused-ring (bicyclic) bond motifs is 1. The van der Waals surface area contributed by atoms with Crippen molar-refractivity contribution in [2.24, 2.45) is 5.92 Å². The van der Waals surface area contributed by atoms with Crippen molar-refractivity contribution in [2.75, 3.05) is 20.1 Å². The Morgan fingerprint density at radius 2 is 2.04 bits per heavy atom. The molecule has 2 heterocycles. The fourth-order valence-electron chi connectivity index (χ4n) is 3.29. The number of aromatic nitrogens is 3. The highest BCUT2D eigenvalue weighted by molar-refractivity contribution is 7.89. The number of piperidine rings is 1. The van der Waals surface area contributed by atoms with Crippen LogP contribution >= 0.6 is 0 Å². The average Bonchev–Trinajstić information content (AvgIpc) is 3.10. The van der Waals surface area contributed by atoms with Gasteiger partial charge in [-0.05, 0) is 44.4 Å². The van der Waals surface area contributed by atoms with Crippen LogP contribution in [0.1, 0.15) is 39.2 Å². The van der Waals surface area contributed by atoms with E-state index >= 15 is 0 Å².